The molecule has 0 saturated carbocycles. The van der Waals surface area contributed by atoms with Gasteiger partial charge in [-0.05, 0) is 54.5 Å². The van der Waals surface area contributed by atoms with E-state index >= 15 is 0 Å². The summed E-state index contributed by atoms with van der Waals surface area (Å²) in [5.74, 6) is -0.748. The van der Waals surface area contributed by atoms with Crippen LogP contribution in [0.4, 0.5) is 5.69 Å². The fourth-order valence-corrected chi connectivity index (χ4v) is 3.12. The Morgan fingerprint density at radius 3 is 2.77 bits per heavy atom. The molecule has 2 aromatic carbocycles. The van der Waals surface area contributed by atoms with Gasteiger partial charge in [0, 0.05) is 18.2 Å². The molecule has 3 rings (SSSR count). The van der Waals surface area contributed by atoms with E-state index in [1.54, 1.807) is 0 Å². The van der Waals surface area contributed by atoms with Crippen LogP contribution in [-0.4, -0.2) is 17.1 Å². The minimum atomic E-state index is -0.748. The second-order valence-electron chi connectivity index (χ2n) is 5.95. The van der Waals surface area contributed by atoms with Crippen LogP contribution in [0.5, 0.6) is 0 Å². The van der Waals surface area contributed by atoms with E-state index in [4.69, 9.17) is 5.11 Å². The van der Waals surface area contributed by atoms with E-state index in [9.17, 15) is 4.79 Å². The number of rotatable bonds is 5. The number of aryl methyl sites for hydroxylation is 2. The zero-order valence-electron chi connectivity index (χ0n) is 12.6. The molecular formula is C19H21NO2. The summed E-state index contributed by atoms with van der Waals surface area (Å²) in [7, 11) is 0. The zero-order chi connectivity index (χ0) is 15.4. The Labute approximate surface area is 131 Å². The average molecular weight is 295 g/mol. The third kappa shape index (κ3) is 3.67. The van der Waals surface area contributed by atoms with Gasteiger partial charge in [-0.15, -0.1) is 0 Å². The van der Waals surface area contributed by atoms with Crippen molar-refractivity contribution < 1.29 is 9.90 Å². The first-order valence-electron chi connectivity index (χ1n) is 7.85. The van der Waals surface area contributed by atoms with Crippen LogP contribution in [-0.2, 0) is 24.1 Å². The molecule has 3 heteroatoms. The Morgan fingerprint density at radius 2 is 1.95 bits per heavy atom. The summed E-state index contributed by atoms with van der Waals surface area (Å²) in [6.07, 6.45) is 4.07. The van der Waals surface area contributed by atoms with Crippen molar-refractivity contribution >= 4 is 11.7 Å². The molecule has 1 atom stereocenters. The molecule has 0 heterocycles. The lowest BCUT2D eigenvalue weighted by molar-refractivity contribution is -0.136. The standard InChI is InChI=1S/C19H21NO2/c21-19(22)11-8-14-4-3-7-17(12-14)20-18-10-9-15-5-1-2-6-16(15)13-18/h1-7,12,18,20H,8-11,13H2,(H,21,22). The minimum Gasteiger partial charge on any atom is -0.481 e. The lowest BCUT2D eigenvalue weighted by Crippen LogP contribution is -2.27. The topological polar surface area (TPSA) is 49.3 Å². The van der Waals surface area contributed by atoms with Crippen LogP contribution in [0.15, 0.2) is 48.5 Å². The fraction of sp³-hybridized carbons (Fsp3) is 0.316. The number of benzene rings is 2. The van der Waals surface area contributed by atoms with Crippen LogP contribution >= 0.6 is 0 Å². The molecule has 0 fully saturated rings. The number of carbonyl (C=O) groups is 1. The van der Waals surface area contributed by atoms with Gasteiger partial charge in [0.15, 0.2) is 0 Å². The SMILES string of the molecule is O=C(O)CCc1cccc(NC2CCc3ccccc3C2)c1. The Morgan fingerprint density at radius 1 is 1.14 bits per heavy atom. The highest BCUT2D eigenvalue weighted by Gasteiger charge is 2.17. The summed E-state index contributed by atoms with van der Waals surface area (Å²) < 4.78 is 0. The maximum absolute atomic E-state index is 10.7. The maximum atomic E-state index is 10.7. The minimum absolute atomic E-state index is 0.181. The number of fused-ring (bicyclic) bond motifs is 1. The average Bonchev–Trinajstić information content (AvgIpc) is 2.53. The van der Waals surface area contributed by atoms with Crippen LogP contribution in [0.25, 0.3) is 0 Å². The molecule has 2 N–H and O–H groups in total. The van der Waals surface area contributed by atoms with Gasteiger partial charge in [0.05, 0.1) is 0 Å². The van der Waals surface area contributed by atoms with Crippen molar-refractivity contribution in [1.82, 2.24) is 0 Å². The molecule has 114 valence electrons. The van der Waals surface area contributed by atoms with Crippen molar-refractivity contribution in [1.29, 1.82) is 0 Å². The smallest absolute Gasteiger partial charge is 0.303 e. The third-order valence-electron chi connectivity index (χ3n) is 4.27. The Bertz CT molecular complexity index is 666. The van der Waals surface area contributed by atoms with Crippen LogP contribution in [0.3, 0.4) is 0 Å². The highest BCUT2D eigenvalue weighted by Crippen LogP contribution is 2.24. The van der Waals surface area contributed by atoms with Gasteiger partial charge >= 0.3 is 5.97 Å². The van der Waals surface area contributed by atoms with Gasteiger partial charge in [-0.2, -0.15) is 0 Å². The molecule has 0 aliphatic heterocycles. The lowest BCUT2D eigenvalue weighted by Gasteiger charge is -2.26. The van der Waals surface area contributed by atoms with E-state index in [-0.39, 0.29) is 6.42 Å². The largest absolute Gasteiger partial charge is 0.481 e. The Balaban J connectivity index is 1.64. The molecule has 0 spiro atoms. The van der Waals surface area contributed by atoms with E-state index in [2.05, 4.69) is 41.7 Å². The predicted octanol–water partition coefficient (Wildman–Crippen LogP) is 3.67. The summed E-state index contributed by atoms with van der Waals surface area (Å²) in [4.78, 5) is 10.7. The van der Waals surface area contributed by atoms with E-state index < -0.39 is 5.97 Å². The molecule has 0 saturated heterocycles. The van der Waals surface area contributed by atoms with Crippen molar-refractivity contribution in [2.24, 2.45) is 0 Å². The fourth-order valence-electron chi connectivity index (χ4n) is 3.12. The second kappa shape index (κ2) is 6.65. The number of carboxylic acids is 1. The summed E-state index contributed by atoms with van der Waals surface area (Å²) in [6, 6.07) is 17.2. The Hall–Kier alpha value is -2.29. The van der Waals surface area contributed by atoms with Crippen molar-refractivity contribution in [2.45, 2.75) is 38.1 Å². The van der Waals surface area contributed by atoms with Gasteiger partial charge in [0.2, 0.25) is 0 Å². The van der Waals surface area contributed by atoms with Crippen LogP contribution in [0.2, 0.25) is 0 Å². The monoisotopic (exact) mass is 295 g/mol. The van der Waals surface area contributed by atoms with E-state index in [1.807, 2.05) is 12.1 Å². The molecular weight excluding hydrogens is 274 g/mol. The molecule has 1 aliphatic rings. The summed E-state index contributed by atoms with van der Waals surface area (Å²) in [6.45, 7) is 0. The molecule has 0 aromatic heterocycles. The number of hydrogen-bond acceptors (Lipinski definition) is 2. The van der Waals surface area contributed by atoms with Crippen molar-refractivity contribution in [3.8, 4) is 0 Å². The van der Waals surface area contributed by atoms with Crippen LogP contribution < -0.4 is 5.32 Å². The molecule has 3 nitrogen and oxygen atoms in total. The molecule has 1 aliphatic carbocycles. The summed E-state index contributed by atoms with van der Waals surface area (Å²) in [5.41, 5.74) is 5.07. The van der Waals surface area contributed by atoms with E-state index in [0.717, 1.165) is 30.5 Å². The Kier molecular flexibility index (Phi) is 4.42. The first-order valence-corrected chi connectivity index (χ1v) is 7.85. The molecule has 0 bridgehead atoms. The zero-order valence-corrected chi connectivity index (χ0v) is 12.6. The number of nitrogens with one attached hydrogen (secondary N) is 1. The third-order valence-corrected chi connectivity index (χ3v) is 4.27. The number of anilines is 1. The molecule has 22 heavy (non-hydrogen) atoms. The first-order chi connectivity index (χ1) is 10.7. The van der Waals surface area contributed by atoms with Crippen LogP contribution in [0.1, 0.15) is 29.5 Å². The number of carboxylic acid groups (broad SMARTS) is 1. The number of hydrogen-bond donors (Lipinski definition) is 2. The molecule has 2 aromatic rings. The predicted molar refractivity (Wildman–Crippen MR) is 88.3 cm³/mol. The van der Waals surface area contributed by atoms with Crippen molar-refractivity contribution in [2.75, 3.05) is 5.32 Å². The van der Waals surface area contributed by atoms with Crippen molar-refractivity contribution in [3.63, 3.8) is 0 Å². The van der Waals surface area contributed by atoms with Gasteiger partial charge in [-0.3, -0.25) is 4.79 Å². The lowest BCUT2D eigenvalue weighted by atomic mass is 9.88. The second-order valence-corrected chi connectivity index (χ2v) is 5.95. The highest BCUT2D eigenvalue weighted by molar-refractivity contribution is 5.67. The van der Waals surface area contributed by atoms with E-state index in [1.165, 1.54) is 11.1 Å². The van der Waals surface area contributed by atoms with Crippen LogP contribution in [0, 0.1) is 0 Å². The van der Waals surface area contributed by atoms with Gasteiger partial charge < -0.3 is 10.4 Å². The van der Waals surface area contributed by atoms with E-state index in [0.29, 0.717) is 12.5 Å². The maximum Gasteiger partial charge on any atom is 0.303 e. The summed E-state index contributed by atoms with van der Waals surface area (Å²) >= 11 is 0. The summed E-state index contributed by atoms with van der Waals surface area (Å²) in [5, 5.41) is 12.4. The molecule has 1 unspecified atom stereocenters. The molecule has 0 radical (unpaired) electrons. The quantitative estimate of drug-likeness (QED) is 0.884. The molecule has 0 amide bonds. The van der Waals surface area contributed by atoms with Gasteiger partial charge in [0.1, 0.15) is 0 Å². The number of aliphatic carboxylic acids is 1. The highest BCUT2D eigenvalue weighted by atomic mass is 16.4. The van der Waals surface area contributed by atoms with Gasteiger partial charge in [-0.25, -0.2) is 0 Å². The first kappa shape index (κ1) is 14.6. The van der Waals surface area contributed by atoms with Gasteiger partial charge in [0.25, 0.3) is 0 Å². The van der Waals surface area contributed by atoms with Gasteiger partial charge in [-0.1, -0.05) is 36.4 Å². The normalized spacial score (nSPS) is 16.8. The van der Waals surface area contributed by atoms with Crippen molar-refractivity contribution in [3.05, 3.63) is 65.2 Å².